The Morgan fingerprint density at radius 1 is 1.06 bits per heavy atom. The second-order valence-corrected chi connectivity index (χ2v) is 9.17. The summed E-state index contributed by atoms with van der Waals surface area (Å²) in [6, 6.07) is 13.0. The normalized spacial score (nSPS) is 15.2. The second-order valence-electron chi connectivity index (χ2n) is 8.08. The van der Waals surface area contributed by atoms with Crippen molar-refractivity contribution in [1.82, 2.24) is 0 Å². The molecule has 0 fully saturated rings. The monoisotopic (exact) mass is 464 g/mol. The number of nitrogens with zero attached hydrogens (tertiary/aromatic N) is 1. The fourth-order valence-electron chi connectivity index (χ4n) is 3.98. The molecule has 0 radical (unpaired) electrons. The van der Waals surface area contributed by atoms with E-state index in [1.165, 1.54) is 4.88 Å². The minimum atomic E-state index is -0.185. The summed E-state index contributed by atoms with van der Waals surface area (Å²) in [6.07, 6.45) is 4.71. The molecule has 2 aromatic carbocycles. The largest absolute Gasteiger partial charge is 0.497 e. The molecule has 7 heteroatoms. The average Bonchev–Trinajstić information content (AvgIpc) is 3.20. The van der Waals surface area contributed by atoms with Crippen LogP contribution >= 0.6 is 11.3 Å². The zero-order valence-corrected chi connectivity index (χ0v) is 20.1. The molecule has 0 unspecified atom stereocenters. The van der Waals surface area contributed by atoms with E-state index in [0.29, 0.717) is 28.7 Å². The summed E-state index contributed by atoms with van der Waals surface area (Å²) in [4.78, 5) is 19.5. The summed E-state index contributed by atoms with van der Waals surface area (Å²) < 4.78 is 16.0. The van der Waals surface area contributed by atoms with Crippen LogP contribution in [0.1, 0.15) is 39.7 Å². The van der Waals surface area contributed by atoms with Gasteiger partial charge in [-0.2, -0.15) is 0 Å². The fourth-order valence-corrected chi connectivity index (χ4v) is 5.33. The molecule has 6 nitrogen and oxygen atoms in total. The Balaban J connectivity index is 1.69. The van der Waals surface area contributed by atoms with Crippen molar-refractivity contribution in [2.45, 2.75) is 26.2 Å². The highest BCUT2D eigenvalue weighted by molar-refractivity contribution is 7.16. The van der Waals surface area contributed by atoms with E-state index in [9.17, 15) is 4.79 Å². The van der Waals surface area contributed by atoms with Gasteiger partial charge in [-0.15, -0.1) is 11.3 Å². The Morgan fingerprint density at radius 2 is 1.79 bits per heavy atom. The summed E-state index contributed by atoms with van der Waals surface area (Å²) in [5, 5.41) is 3.75. The number of benzene rings is 2. The zero-order chi connectivity index (χ0) is 23.4. The van der Waals surface area contributed by atoms with Crippen molar-refractivity contribution in [3.8, 4) is 17.2 Å². The Kier molecular flexibility index (Phi) is 6.99. The molecule has 172 valence electrons. The summed E-state index contributed by atoms with van der Waals surface area (Å²) >= 11 is 1.61. The number of thiophene rings is 1. The van der Waals surface area contributed by atoms with Crippen LogP contribution in [0.15, 0.2) is 47.5 Å². The van der Waals surface area contributed by atoms with Gasteiger partial charge in [0.25, 0.3) is 5.91 Å². The number of hydrogen-bond donors (Lipinski definition) is 1. The number of carbonyl (C=O) groups excluding carboxylic acids is 1. The van der Waals surface area contributed by atoms with Crippen LogP contribution in [-0.4, -0.2) is 33.5 Å². The lowest BCUT2D eigenvalue weighted by atomic mass is 9.88. The number of hydrogen-bond acceptors (Lipinski definition) is 6. The molecule has 0 aliphatic heterocycles. The molecule has 1 amide bonds. The highest BCUT2D eigenvalue weighted by atomic mass is 32.1. The summed E-state index contributed by atoms with van der Waals surface area (Å²) in [6.45, 7) is 2.25. The number of amides is 1. The SMILES string of the molecule is COc1ccc(C=Nc2sc3c(c2C(=O)Nc2cc(OC)ccc2OC)CC[C@H](C)C3)cc1. The molecule has 1 aliphatic carbocycles. The van der Waals surface area contributed by atoms with Gasteiger partial charge in [0.15, 0.2) is 0 Å². The molecular formula is C26H28N2O4S. The Hall–Kier alpha value is -3.32. The minimum Gasteiger partial charge on any atom is -0.497 e. The predicted octanol–water partition coefficient (Wildman–Crippen LogP) is 5.90. The number of aliphatic imine (C=N–C) groups is 1. The third-order valence-corrected chi connectivity index (χ3v) is 6.98. The molecule has 4 rings (SSSR count). The van der Waals surface area contributed by atoms with Crippen LogP contribution in [0.4, 0.5) is 10.7 Å². The first-order valence-corrected chi connectivity index (χ1v) is 11.7. The molecule has 1 atom stereocenters. The van der Waals surface area contributed by atoms with Crippen LogP contribution in [0.5, 0.6) is 17.2 Å². The third-order valence-electron chi connectivity index (χ3n) is 5.82. The van der Waals surface area contributed by atoms with Gasteiger partial charge in [0.05, 0.1) is 32.6 Å². The molecule has 0 bridgehead atoms. The van der Waals surface area contributed by atoms with E-state index in [4.69, 9.17) is 19.2 Å². The standard InChI is InChI=1S/C26H28N2O4S/c1-16-5-11-20-23(13-16)33-26(27-15-17-6-8-18(30-2)9-7-17)24(20)25(29)28-21-14-19(31-3)10-12-22(21)32-4/h6-10,12,14-16H,5,11,13H2,1-4H3,(H,28,29)/t16-/m0/s1. The first kappa shape index (κ1) is 22.9. The van der Waals surface area contributed by atoms with Gasteiger partial charge < -0.3 is 19.5 Å². The predicted molar refractivity (Wildman–Crippen MR) is 133 cm³/mol. The first-order chi connectivity index (χ1) is 16.0. The number of methoxy groups -OCH3 is 3. The summed E-state index contributed by atoms with van der Waals surface area (Å²) in [5.74, 6) is 2.43. The van der Waals surface area contributed by atoms with Gasteiger partial charge in [0.2, 0.25) is 0 Å². The van der Waals surface area contributed by atoms with Gasteiger partial charge in [0.1, 0.15) is 22.2 Å². The van der Waals surface area contributed by atoms with Crippen LogP contribution in [0, 0.1) is 5.92 Å². The van der Waals surface area contributed by atoms with Crippen LogP contribution in [0.25, 0.3) is 0 Å². The molecule has 3 aromatic rings. The van der Waals surface area contributed by atoms with Crippen LogP contribution < -0.4 is 19.5 Å². The van der Waals surface area contributed by atoms with Crippen molar-refractivity contribution in [2.75, 3.05) is 26.6 Å². The van der Waals surface area contributed by atoms with E-state index in [-0.39, 0.29) is 5.91 Å². The van der Waals surface area contributed by atoms with E-state index in [2.05, 4.69) is 12.2 Å². The van der Waals surface area contributed by atoms with Gasteiger partial charge in [0, 0.05) is 17.2 Å². The lowest BCUT2D eigenvalue weighted by Gasteiger charge is -2.19. The number of carbonyl (C=O) groups is 1. The molecule has 0 saturated heterocycles. The van der Waals surface area contributed by atoms with Crippen molar-refractivity contribution < 1.29 is 19.0 Å². The highest BCUT2D eigenvalue weighted by Crippen LogP contribution is 2.42. The maximum absolute atomic E-state index is 13.5. The molecule has 1 N–H and O–H groups in total. The van der Waals surface area contributed by atoms with Crippen LogP contribution in [-0.2, 0) is 12.8 Å². The van der Waals surface area contributed by atoms with Crippen LogP contribution in [0.2, 0.25) is 0 Å². The second kappa shape index (κ2) is 10.1. The van der Waals surface area contributed by atoms with E-state index in [0.717, 1.165) is 41.1 Å². The van der Waals surface area contributed by atoms with E-state index in [1.54, 1.807) is 57.1 Å². The van der Waals surface area contributed by atoms with Gasteiger partial charge in [-0.1, -0.05) is 6.92 Å². The Labute approximate surface area is 198 Å². The van der Waals surface area contributed by atoms with E-state index < -0.39 is 0 Å². The van der Waals surface area contributed by atoms with E-state index in [1.807, 2.05) is 24.3 Å². The first-order valence-electron chi connectivity index (χ1n) is 10.9. The zero-order valence-electron chi connectivity index (χ0n) is 19.3. The molecule has 0 spiro atoms. The number of fused-ring (bicyclic) bond motifs is 1. The lowest BCUT2D eigenvalue weighted by Crippen LogP contribution is -2.17. The van der Waals surface area contributed by atoms with Crippen molar-refractivity contribution >= 4 is 34.1 Å². The maximum atomic E-state index is 13.5. The van der Waals surface area contributed by atoms with Crippen molar-refractivity contribution in [3.05, 3.63) is 64.0 Å². The minimum absolute atomic E-state index is 0.185. The van der Waals surface area contributed by atoms with Gasteiger partial charge in [-0.25, -0.2) is 4.99 Å². The van der Waals surface area contributed by atoms with Crippen LogP contribution in [0.3, 0.4) is 0 Å². The lowest BCUT2D eigenvalue weighted by molar-refractivity contribution is 0.102. The Bertz CT molecular complexity index is 1170. The van der Waals surface area contributed by atoms with Gasteiger partial charge in [-0.3, -0.25) is 4.79 Å². The van der Waals surface area contributed by atoms with E-state index >= 15 is 0 Å². The number of ether oxygens (including phenoxy) is 3. The summed E-state index contributed by atoms with van der Waals surface area (Å²) in [5.41, 5.74) is 3.27. The molecule has 1 aromatic heterocycles. The fraction of sp³-hybridized carbons (Fsp3) is 0.308. The molecule has 0 saturated carbocycles. The maximum Gasteiger partial charge on any atom is 0.259 e. The number of nitrogens with one attached hydrogen (secondary N) is 1. The molecule has 1 heterocycles. The number of rotatable bonds is 7. The topological polar surface area (TPSA) is 69.2 Å². The summed E-state index contributed by atoms with van der Waals surface area (Å²) in [7, 11) is 4.81. The Morgan fingerprint density at radius 3 is 2.48 bits per heavy atom. The third kappa shape index (κ3) is 5.03. The highest BCUT2D eigenvalue weighted by Gasteiger charge is 2.28. The van der Waals surface area contributed by atoms with Gasteiger partial charge >= 0.3 is 0 Å². The average molecular weight is 465 g/mol. The smallest absolute Gasteiger partial charge is 0.259 e. The quantitative estimate of drug-likeness (QED) is 0.442. The van der Waals surface area contributed by atoms with Crippen molar-refractivity contribution in [2.24, 2.45) is 10.9 Å². The van der Waals surface area contributed by atoms with Gasteiger partial charge in [-0.05, 0) is 72.7 Å². The molecule has 33 heavy (non-hydrogen) atoms. The van der Waals surface area contributed by atoms with Crippen molar-refractivity contribution in [1.29, 1.82) is 0 Å². The van der Waals surface area contributed by atoms with Crippen molar-refractivity contribution in [3.63, 3.8) is 0 Å². The number of anilines is 1. The molecule has 1 aliphatic rings. The molecular weight excluding hydrogens is 436 g/mol.